The van der Waals surface area contributed by atoms with E-state index in [4.69, 9.17) is 0 Å². The maximum Gasteiger partial charge on any atom is 0.0214 e. The zero-order valence-electron chi connectivity index (χ0n) is 9.17. The molecule has 0 aliphatic heterocycles. The number of hydrogen-bond acceptors (Lipinski definition) is 3. The summed E-state index contributed by atoms with van der Waals surface area (Å²) in [6.45, 7) is 8.88. The summed E-state index contributed by atoms with van der Waals surface area (Å²) in [4.78, 5) is 0. The molecule has 1 rings (SSSR count). The summed E-state index contributed by atoms with van der Waals surface area (Å²) < 4.78 is 0.393. The molecule has 0 fully saturated rings. The van der Waals surface area contributed by atoms with Gasteiger partial charge in [0.15, 0.2) is 0 Å². The highest BCUT2D eigenvalue weighted by Crippen LogP contribution is 2.22. The van der Waals surface area contributed by atoms with E-state index in [1.165, 1.54) is 11.3 Å². The minimum Gasteiger partial charge on any atom is -0.312 e. The monoisotopic (exact) mass is 229 g/mol. The summed E-state index contributed by atoms with van der Waals surface area (Å²) in [5.41, 5.74) is 1.40. The van der Waals surface area contributed by atoms with Crippen molar-refractivity contribution in [3.8, 4) is 0 Å². The standard InChI is InChI=1S/C11H19NS2/c1-11(2,3)14-7-5-12-8-10-4-6-13-9-10/h4,6,9,12H,5,7-8H2,1-3H3. The van der Waals surface area contributed by atoms with Crippen LogP contribution in [0.15, 0.2) is 16.8 Å². The highest BCUT2D eigenvalue weighted by atomic mass is 32.2. The van der Waals surface area contributed by atoms with Crippen molar-refractivity contribution < 1.29 is 0 Å². The van der Waals surface area contributed by atoms with Gasteiger partial charge in [-0.1, -0.05) is 20.8 Å². The summed E-state index contributed by atoms with van der Waals surface area (Å²) >= 11 is 3.77. The number of hydrogen-bond donors (Lipinski definition) is 1. The molecular weight excluding hydrogens is 210 g/mol. The van der Waals surface area contributed by atoms with Crippen LogP contribution < -0.4 is 5.32 Å². The first-order chi connectivity index (χ1) is 6.58. The van der Waals surface area contributed by atoms with Crippen molar-refractivity contribution in [2.24, 2.45) is 0 Å². The lowest BCUT2D eigenvalue weighted by atomic mass is 10.3. The number of thiophene rings is 1. The van der Waals surface area contributed by atoms with Crippen LogP contribution in [0.1, 0.15) is 26.3 Å². The Balaban J connectivity index is 2.00. The van der Waals surface area contributed by atoms with Gasteiger partial charge in [-0.05, 0) is 22.4 Å². The van der Waals surface area contributed by atoms with Crippen molar-refractivity contribution in [2.45, 2.75) is 32.1 Å². The quantitative estimate of drug-likeness (QED) is 0.777. The molecule has 1 heterocycles. The van der Waals surface area contributed by atoms with Crippen LogP contribution in [0.25, 0.3) is 0 Å². The van der Waals surface area contributed by atoms with Gasteiger partial charge >= 0.3 is 0 Å². The van der Waals surface area contributed by atoms with E-state index in [9.17, 15) is 0 Å². The van der Waals surface area contributed by atoms with Gasteiger partial charge in [-0.2, -0.15) is 23.1 Å². The van der Waals surface area contributed by atoms with E-state index >= 15 is 0 Å². The molecule has 1 N–H and O–H groups in total. The van der Waals surface area contributed by atoms with Crippen LogP contribution in [0.4, 0.5) is 0 Å². The van der Waals surface area contributed by atoms with E-state index in [0.29, 0.717) is 4.75 Å². The van der Waals surface area contributed by atoms with E-state index in [2.05, 4.69) is 42.9 Å². The molecule has 0 amide bonds. The molecule has 0 unspecified atom stereocenters. The lowest BCUT2D eigenvalue weighted by Crippen LogP contribution is -2.19. The molecule has 1 aromatic heterocycles. The molecular formula is C11H19NS2. The summed E-state index contributed by atoms with van der Waals surface area (Å²) in [7, 11) is 0. The average Bonchev–Trinajstić information content (AvgIpc) is 2.54. The summed E-state index contributed by atoms with van der Waals surface area (Å²) in [6, 6.07) is 2.18. The van der Waals surface area contributed by atoms with Crippen LogP contribution in [0.5, 0.6) is 0 Å². The predicted octanol–water partition coefficient (Wildman–Crippen LogP) is 3.37. The Labute approximate surface area is 95.3 Å². The third kappa shape index (κ3) is 5.68. The first kappa shape index (κ1) is 12.1. The van der Waals surface area contributed by atoms with Crippen molar-refractivity contribution in [2.75, 3.05) is 12.3 Å². The molecule has 14 heavy (non-hydrogen) atoms. The second-order valence-corrected chi connectivity index (χ2v) is 6.97. The molecule has 0 saturated carbocycles. The minimum absolute atomic E-state index is 0.393. The van der Waals surface area contributed by atoms with Gasteiger partial charge in [0.2, 0.25) is 0 Å². The Morgan fingerprint density at radius 3 is 2.79 bits per heavy atom. The summed E-state index contributed by atoms with van der Waals surface area (Å²) in [5, 5.41) is 7.77. The van der Waals surface area contributed by atoms with Gasteiger partial charge in [-0.3, -0.25) is 0 Å². The molecule has 3 heteroatoms. The Bertz CT molecular complexity index is 236. The topological polar surface area (TPSA) is 12.0 Å². The van der Waals surface area contributed by atoms with Crippen LogP contribution in [0.3, 0.4) is 0 Å². The normalized spacial score (nSPS) is 11.9. The minimum atomic E-state index is 0.393. The van der Waals surface area contributed by atoms with Gasteiger partial charge in [0.1, 0.15) is 0 Å². The molecule has 0 bridgehead atoms. The third-order valence-corrected chi connectivity index (χ3v) is 3.73. The molecule has 1 aromatic rings. The summed E-state index contributed by atoms with van der Waals surface area (Å²) in [5.74, 6) is 1.19. The highest BCUT2D eigenvalue weighted by molar-refractivity contribution is 8.00. The Morgan fingerprint density at radius 2 is 2.21 bits per heavy atom. The maximum atomic E-state index is 3.45. The van der Waals surface area contributed by atoms with Gasteiger partial charge in [0, 0.05) is 23.6 Å². The molecule has 0 atom stereocenters. The smallest absolute Gasteiger partial charge is 0.0214 e. The van der Waals surface area contributed by atoms with Gasteiger partial charge in [0.25, 0.3) is 0 Å². The van der Waals surface area contributed by atoms with Crippen LogP contribution in [-0.2, 0) is 6.54 Å². The van der Waals surface area contributed by atoms with Crippen molar-refractivity contribution in [3.63, 3.8) is 0 Å². The zero-order chi connectivity index (χ0) is 10.4. The lowest BCUT2D eigenvalue weighted by Gasteiger charge is -2.17. The summed E-state index contributed by atoms with van der Waals surface area (Å²) in [6.07, 6.45) is 0. The van der Waals surface area contributed by atoms with Gasteiger partial charge in [0.05, 0.1) is 0 Å². The van der Waals surface area contributed by atoms with Crippen molar-refractivity contribution in [1.82, 2.24) is 5.32 Å². The molecule has 1 nitrogen and oxygen atoms in total. The largest absolute Gasteiger partial charge is 0.312 e. The van der Waals surface area contributed by atoms with Crippen LogP contribution >= 0.6 is 23.1 Å². The predicted molar refractivity (Wildman–Crippen MR) is 68.2 cm³/mol. The van der Waals surface area contributed by atoms with Crippen LogP contribution in [0.2, 0.25) is 0 Å². The SMILES string of the molecule is CC(C)(C)SCCNCc1ccsc1. The van der Waals surface area contributed by atoms with Gasteiger partial charge in [-0.15, -0.1) is 0 Å². The van der Waals surface area contributed by atoms with Gasteiger partial charge in [-0.25, -0.2) is 0 Å². The molecule has 0 saturated heterocycles. The Hall–Kier alpha value is 0.01000. The molecule has 80 valence electrons. The third-order valence-electron chi connectivity index (χ3n) is 1.72. The fourth-order valence-electron chi connectivity index (χ4n) is 1.06. The average molecular weight is 229 g/mol. The molecule has 0 aliphatic carbocycles. The number of thioether (sulfide) groups is 1. The molecule has 0 aromatic carbocycles. The van der Waals surface area contributed by atoms with E-state index in [0.717, 1.165) is 13.1 Å². The van der Waals surface area contributed by atoms with Gasteiger partial charge < -0.3 is 5.32 Å². The highest BCUT2D eigenvalue weighted by Gasteiger charge is 2.08. The molecule has 0 spiro atoms. The van der Waals surface area contributed by atoms with Crippen molar-refractivity contribution in [3.05, 3.63) is 22.4 Å². The lowest BCUT2D eigenvalue weighted by molar-refractivity contribution is 0.727. The van der Waals surface area contributed by atoms with Crippen molar-refractivity contribution >= 4 is 23.1 Å². The zero-order valence-corrected chi connectivity index (χ0v) is 10.8. The van der Waals surface area contributed by atoms with E-state index in [-0.39, 0.29) is 0 Å². The van der Waals surface area contributed by atoms with Crippen molar-refractivity contribution in [1.29, 1.82) is 0 Å². The number of rotatable bonds is 5. The van der Waals surface area contributed by atoms with E-state index in [1.807, 2.05) is 11.8 Å². The fourth-order valence-corrected chi connectivity index (χ4v) is 2.58. The molecule has 0 radical (unpaired) electrons. The van der Waals surface area contributed by atoms with Crippen LogP contribution in [0, 0.1) is 0 Å². The second kappa shape index (κ2) is 5.79. The molecule has 0 aliphatic rings. The number of nitrogens with one attached hydrogen (secondary N) is 1. The Kier molecular flexibility index (Phi) is 4.99. The van der Waals surface area contributed by atoms with Crippen LogP contribution in [-0.4, -0.2) is 17.0 Å². The second-order valence-electron chi connectivity index (χ2n) is 4.27. The van der Waals surface area contributed by atoms with E-state index < -0.39 is 0 Å². The first-order valence-corrected chi connectivity index (χ1v) is 6.86. The van der Waals surface area contributed by atoms with E-state index in [1.54, 1.807) is 11.3 Å². The first-order valence-electron chi connectivity index (χ1n) is 4.94. The fraction of sp³-hybridized carbons (Fsp3) is 0.636. The Morgan fingerprint density at radius 1 is 1.43 bits per heavy atom. The maximum absolute atomic E-state index is 3.45.